The molecule has 1 aromatic rings. The van der Waals surface area contributed by atoms with Gasteiger partial charge in [-0.3, -0.25) is 14.9 Å². The van der Waals surface area contributed by atoms with Crippen LogP contribution in [-0.2, 0) is 9.59 Å². The van der Waals surface area contributed by atoms with Gasteiger partial charge >= 0.3 is 6.03 Å². The van der Waals surface area contributed by atoms with Crippen molar-refractivity contribution in [2.24, 2.45) is 0 Å². The monoisotopic (exact) mass is 303 g/mol. The Balaban J connectivity index is 1.54. The topological polar surface area (TPSA) is 96.5 Å². The second kappa shape index (κ2) is 6.05. The summed E-state index contributed by atoms with van der Waals surface area (Å²) in [6, 6.07) is 6.41. The summed E-state index contributed by atoms with van der Waals surface area (Å²) in [5.41, 5.74) is 0.967. The summed E-state index contributed by atoms with van der Waals surface area (Å²) >= 11 is 0. The lowest BCUT2D eigenvalue weighted by Crippen LogP contribution is -2.34. The van der Waals surface area contributed by atoms with E-state index in [1.165, 1.54) is 0 Å². The average Bonchev–Trinajstić information content (AvgIpc) is 2.83. The SMILES string of the molecule is O=C(CC[C@@H]1NC(=O)NC1=O)N[C@H]1CCOc2ccccc21. The van der Waals surface area contributed by atoms with Crippen molar-refractivity contribution in [1.29, 1.82) is 0 Å². The number of carbonyl (C=O) groups excluding carboxylic acids is 3. The van der Waals surface area contributed by atoms with Gasteiger partial charge in [0.05, 0.1) is 12.6 Å². The molecule has 0 aliphatic carbocycles. The van der Waals surface area contributed by atoms with Gasteiger partial charge in [-0.05, 0) is 12.5 Å². The predicted molar refractivity (Wildman–Crippen MR) is 77.1 cm³/mol. The van der Waals surface area contributed by atoms with E-state index < -0.39 is 12.1 Å². The molecule has 22 heavy (non-hydrogen) atoms. The first kappa shape index (κ1) is 14.4. The van der Waals surface area contributed by atoms with Crippen molar-refractivity contribution in [1.82, 2.24) is 16.0 Å². The van der Waals surface area contributed by atoms with Gasteiger partial charge < -0.3 is 15.4 Å². The molecule has 2 aliphatic rings. The molecular formula is C15H17N3O4. The van der Waals surface area contributed by atoms with E-state index in [1.54, 1.807) is 0 Å². The van der Waals surface area contributed by atoms with E-state index in [0.717, 1.165) is 11.3 Å². The average molecular weight is 303 g/mol. The van der Waals surface area contributed by atoms with Crippen LogP contribution in [0, 0.1) is 0 Å². The standard InChI is InChI=1S/C15H17N3O4/c19-13(6-5-11-14(20)18-15(21)17-11)16-10-7-8-22-12-4-2-1-3-9(10)12/h1-4,10-11H,5-8H2,(H,16,19)(H2,17,18,20,21)/t10-,11-/m0/s1. The second-order valence-electron chi connectivity index (χ2n) is 5.35. The van der Waals surface area contributed by atoms with Crippen LogP contribution >= 0.6 is 0 Å². The molecule has 4 amide bonds. The molecule has 2 aliphatic heterocycles. The fourth-order valence-electron chi connectivity index (χ4n) is 2.70. The molecule has 116 valence electrons. The van der Waals surface area contributed by atoms with Crippen LogP contribution in [0.4, 0.5) is 4.79 Å². The molecular weight excluding hydrogens is 286 g/mol. The zero-order valence-corrected chi connectivity index (χ0v) is 11.9. The predicted octanol–water partition coefficient (Wildman–Crippen LogP) is 0.615. The number of imide groups is 1. The maximum absolute atomic E-state index is 12.1. The van der Waals surface area contributed by atoms with Crippen LogP contribution in [-0.4, -0.2) is 30.5 Å². The summed E-state index contributed by atoms with van der Waals surface area (Å²) in [6.07, 6.45) is 1.18. The zero-order valence-electron chi connectivity index (χ0n) is 11.9. The lowest BCUT2D eigenvalue weighted by atomic mass is 10.00. The van der Waals surface area contributed by atoms with E-state index in [-0.39, 0.29) is 30.7 Å². The van der Waals surface area contributed by atoms with Crippen molar-refractivity contribution in [3.63, 3.8) is 0 Å². The lowest BCUT2D eigenvalue weighted by molar-refractivity contribution is -0.122. The minimum Gasteiger partial charge on any atom is -0.493 e. The van der Waals surface area contributed by atoms with E-state index in [2.05, 4.69) is 16.0 Å². The molecule has 2 heterocycles. The molecule has 0 unspecified atom stereocenters. The van der Waals surface area contributed by atoms with E-state index in [9.17, 15) is 14.4 Å². The highest BCUT2D eigenvalue weighted by atomic mass is 16.5. The molecule has 7 nitrogen and oxygen atoms in total. The molecule has 0 radical (unpaired) electrons. The smallest absolute Gasteiger partial charge is 0.322 e. The number of hydrogen-bond acceptors (Lipinski definition) is 4. The van der Waals surface area contributed by atoms with Gasteiger partial charge in [0.25, 0.3) is 5.91 Å². The van der Waals surface area contributed by atoms with Gasteiger partial charge in [-0.15, -0.1) is 0 Å². The van der Waals surface area contributed by atoms with Crippen LogP contribution in [0.15, 0.2) is 24.3 Å². The Kier molecular flexibility index (Phi) is 3.95. The lowest BCUT2D eigenvalue weighted by Gasteiger charge is -2.26. The van der Waals surface area contributed by atoms with Gasteiger partial charge in [0.15, 0.2) is 0 Å². The quantitative estimate of drug-likeness (QED) is 0.710. The fourth-order valence-corrected chi connectivity index (χ4v) is 2.70. The largest absolute Gasteiger partial charge is 0.493 e. The third kappa shape index (κ3) is 3.03. The van der Waals surface area contributed by atoms with Crippen molar-refractivity contribution >= 4 is 17.8 Å². The van der Waals surface area contributed by atoms with Crippen molar-refractivity contribution in [2.45, 2.75) is 31.3 Å². The molecule has 0 bridgehead atoms. The number of benzene rings is 1. The maximum atomic E-state index is 12.1. The Morgan fingerprint density at radius 2 is 2.14 bits per heavy atom. The first-order valence-electron chi connectivity index (χ1n) is 7.26. The number of para-hydroxylation sites is 1. The number of urea groups is 1. The minimum atomic E-state index is -0.625. The Bertz CT molecular complexity index is 617. The van der Waals surface area contributed by atoms with Crippen molar-refractivity contribution in [2.75, 3.05) is 6.61 Å². The van der Waals surface area contributed by atoms with Crippen LogP contribution in [0.5, 0.6) is 5.75 Å². The summed E-state index contributed by atoms with van der Waals surface area (Å²) in [7, 11) is 0. The van der Waals surface area contributed by atoms with Crippen molar-refractivity contribution in [3.8, 4) is 5.75 Å². The van der Waals surface area contributed by atoms with Gasteiger partial charge in [0.1, 0.15) is 11.8 Å². The van der Waals surface area contributed by atoms with Gasteiger partial charge in [-0.25, -0.2) is 4.79 Å². The Hall–Kier alpha value is -2.57. The van der Waals surface area contributed by atoms with Crippen LogP contribution < -0.4 is 20.7 Å². The Morgan fingerprint density at radius 3 is 2.91 bits per heavy atom. The molecule has 0 aromatic heterocycles. The molecule has 2 atom stereocenters. The molecule has 1 aromatic carbocycles. The highest BCUT2D eigenvalue weighted by molar-refractivity contribution is 6.04. The molecule has 1 fully saturated rings. The van der Waals surface area contributed by atoms with Crippen molar-refractivity contribution < 1.29 is 19.1 Å². The van der Waals surface area contributed by atoms with Crippen LogP contribution in [0.25, 0.3) is 0 Å². The summed E-state index contributed by atoms with van der Waals surface area (Å²) in [5, 5.41) is 7.59. The molecule has 7 heteroatoms. The number of fused-ring (bicyclic) bond motifs is 1. The van der Waals surface area contributed by atoms with Gasteiger partial charge in [0.2, 0.25) is 5.91 Å². The Labute approximate surface area is 127 Å². The van der Waals surface area contributed by atoms with Crippen LogP contribution in [0.1, 0.15) is 30.9 Å². The second-order valence-corrected chi connectivity index (χ2v) is 5.35. The van der Waals surface area contributed by atoms with E-state index >= 15 is 0 Å². The summed E-state index contributed by atoms with van der Waals surface area (Å²) in [6.45, 7) is 0.559. The first-order chi connectivity index (χ1) is 10.6. The summed E-state index contributed by atoms with van der Waals surface area (Å²) in [5.74, 6) is 0.270. The van der Waals surface area contributed by atoms with Gasteiger partial charge in [0, 0.05) is 18.4 Å². The maximum Gasteiger partial charge on any atom is 0.322 e. The molecule has 0 spiro atoms. The van der Waals surface area contributed by atoms with E-state index in [0.29, 0.717) is 13.0 Å². The van der Waals surface area contributed by atoms with Crippen LogP contribution in [0.2, 0.25) is 0 Å². The number of hydrogen-bond donors (Lipinski definition) is 3. The summed E-state index contributed by atoms with van der Waals surface area (Å²) < 4.78 is 5.55. The number of amides is 4. The number of nitrogens with one attached hydrogen (secondary N) is 3. The third-order valence-corrected chi connectivity index (χ3v) is 3.81. The molecule has 1 saturated heterocycles. The van der Waals surface area contributed by atoms with E-state index in [4.69, 9.17) is 4.74 Å². The van der Waals surface area contributed by atoms with Gasteiger partial charge in [-0.1, -0.05) is 18.2 Å². The highest BCUT2D eigenvalue weighted by Crippen LogP contribution is 2.31. The fraction of sp³-hybridized carbons (Fsp3) is 0.400. The molecule has 3 N–H and O–H groups in total. The van der Waals surface area contributed by atoms with Crippen molar-refractivity contribution in [3.05, 3.63) is 29.8 Å². The summed E-state index contributed by atoms with van der Waals surface area (Å²) in [4.78, 5) is 34.5. The first-order valence-corrected chi connectivity index (χ1v) is 7.26. The normalized spacial score (nSPS) is 23.1. The zero-order chi connectivity index (χ0) is 15.5. The molecule has 3 rings (SSSR count). The van der Waals surface area contributed by atoms with Crippen LogP contribution in [0.3, 0.4) is 0 Å². The van der Waals surface area contributed by atoms with E-state index in [1.807, 2.05) is 24.3 Å². The third-order valence-electron chi connectivity index (χ3n) is 3.81. The van der Waals surface area contributed by atoms with Gasteiger partial charge in [-0.2, -0.15) is 0 Å². The Morgan fingerprint density at radius 1 is 1.32 bits per heavy atom. The highest BCUT2D eigenvalue weighted by Gasteiger charge is 2.30. The number of carbonyl (C=O) groups is 3. The number of ether oxygens (including phenoxy) is 1. The number of rotatable bonds is 4. The minimum absolute atomic E-state index is 0.0792. The molecule has 0 saturated carbocycles.